The third kappa shape index (κ3) is 2.60. The second-order valence-electron chi connectivity index (χ2n) is 8.05. The predicted octanol–water partition coefficient (Wildman–Crippen LogP) is 3.37. The number of para-hydroxylation sites is 2. The largest absolute Gasteiger partial charge is 0.496 e. The number of amides is 1. The zero-order valence-electron chi connectivity index (χ0n) is 15.8. The van der Waals surface area contributed by atoms with Gasteiger partial charge in [0.15, 0.2) is 5.78 Å². The standard InChI is InChI=1S/C23H23NO4/c1-27-18-8-4-2-6-14(18)13-24-22(26)20-16-10-11-23(21(16)20)12-17(25)15-7-3-5-9-19(15)28-23/h2-9,16,20-21H,10-13H2,1H3,(H,24,26)/t16-,20-,21-,23+/m0/s1. The maximum absolute atomic E-state index is 12.9. The Morgan fingerprint density at radius 2 is 2.00 bits per heavy atom. The summed E-state index contributed by atoms with van der Waals surface area (Å²) in [5.74, 6) is 1.99. The summed E-state index contributed by atoms with van der Waals surface area (Å²) >= 11 is 0. The Hall–Kier alpha value is -2.82. The lowest BCUT2D eigenvalue weighted by molar-refractivity contribution is -0.124. The van der Waals surface area contributed by atoms with E-state index >= 15 is 0 Å². The summed E-state index contributed by atoms with van der Waals surface area (Å²) in [6, 6.07) is 15.1. The van der Waals surface area contributed by atoms with Crippen molar-refractivity contribution in [1.82, 2.24) is 5.32 Å². The third-order valence-electron chi connectivity index (χ3n) is 6.59. The number of nitrogens with one attached hydrogen (secondary N) is 1. The molecule has 0 aromatic heterocycles. The highest BCUT2D eigenvalue weighted by Crippen LogP contribution is 2.65. The SMILES string of the molecule is COc1ccccc1CNC(=O)[C@H]1[C@@H]2CC[C@@]3(CC(=O)c4ccccc4O3)[C@@H]21. The molecule has 5 nitrogen and oxygen atoms in total. The number of Topliss-reactive ketones (excluding diaryl/α,β-unsaturated/α-hetero) is 1. The highest BCUT2D eigenvalue weighted by Gasteiger charge is 2.70. The summed E-state index contributed by atoms with van der Waals surface area (Å²) in [4.78, 5) is 25.5. The molecule has 2 fully saturated rings. The van der Waals surface area contributed by atoms with Crippen LogP contribution in [0.2, 0.25) is 0 Å². The molecule has 2 aromatic carbocycles. The molecule has 2 aliphatic carbocycles. The molecule has 4 atom stereocenters. The highest BCUT2D eigenvalue weighted by molar-refractivity contribution is 6.00. The fraction of sp³-hybridized carbons (Fsp3) is 0.391. The second-order valence-corrected chi connectivity index (χ2v) is 8.05. The van der Waals surface area contributed by atoms with E-state index in [-0.39, 0.29) is 23.5 Å². The van der Waals surface area contributed by atoms with Crippen molar-refractivity contribution in [2.45, 2.75) is 31.4 Å². The molecular formula is C23H23NO4. The lowest BCUT2D eigenvalue weighted by Gasteiger charge is -2.37. The average molecular weight is 377 g/mol. The van der Waals surface area contributed by atoms with Crippen LogP contribution in [0.25, 0.3) is 0 Å². The average Bonchev–Trinajstić information content (AvgIpc) is 3.37. The number of carbonyl (C=O) groups excluding carboxylic acids is 2. The Balaban J connectivity index is 1.30. The fourth-order valence-corrected chi connectivity index (χ4v) is 5.27. The summed E-state index contributed by atoms with van der Waals surface area (Å²) < 4.78 is 11.7. The number of hydrogen-bond acceptors (Lipinski definition) is 4. The molecule has 5 heteroatoms. The van der Waals surface area contributed by atoms with Crippen molar-refractivity contribution in [3.63, 3.8) is 0 Å². The first-order chi connectivity index (χ1) is 13.6. The van der Waals surface area contributed by atoms with Crippen LogP contribution >= 0.6 is 0 Å². The van der Waals surface area contributed by atoms with Gasteiger partial charge in [0, 0.05) is 23.9 Å². The second kappa shape index (κ2) is 6.36. The Bertz CT molecular complexity index is 955. The molecule has 2 saturated carbocycles. The van der Waals surface area contributed by atoms with Gasteiger partial charge in [0.05, 0.1) is 19.1 Å². The number of ether oxygens (including phenoxy) is 2. The van der Waals surface area contributed by atoms with E-state index in [4.69, 9.17) is 9.47 Å². The van der Waals surface area contributed by atoms with Crippen LogP contribution in [-0.2, 0) is 11.3 Å². The fourth-order valence-electron chi connectivity index (χ4n) is 5.27. The van der Waals surface area contributed by atoms with Gasteiger partial charge in [0.25, 0.3) is 0 Å². The maximum Gasteiger partial charge on any atom is 0.224 e. The topological polar surface area (TPSA) is 64.6 Å². The van der Waals surface area contributed by atoms with Crippen LogP contribution in [0.3, 0.4) is 0 Å². The lowest BCUT2D eigenvalue weighted by atomic mass is 9.84. The smallest absolute Gasteiger partial charge is 0.224 e. The van der Waals surface area contributed by atoms with Gasteiger partial charge in [-0.1, -0.05) is 30.3 Å². The van der Waals surface area contributed by atoms with Gasteiger partial charge in [-0.25, -0.2) is 0 Å². The number of rotatable bonds is 4. The maximum atomic E-state index is 12.9. The summed E-state index contributed by atoms with van der Waals surface area (Å²) in [7, 11) is 1.63. The number of methoxy groups -OCH3 is 1. The van der Waals surface area contributed by atoms with E-state index in [1.54, 1.807) is 7.11 Å². The van der Waals surface area contributed by atoms with Crippen molar-refractivity contribution in [2.24, 2.45) is 17.8 Å². The van der Waals surface area contributed by atoms with Crippen LogP contribution in [-0.4, -0.2) is 24.4 Å². The van der Waals surface area contributed by atoms with Crippen LogP contribution < -0.4 is 14.8 Å². The van der Waals surface area contributed by atoms with Crippen molar-refractivity contribution >= 4 is 11.7 Å². The van der Waals surface area contributed by atoms with Gasteiger partial charge >= 0.3 is 0 Å². The van der Waals surface area contributed by atoms with Gasteiger partial charge in [-0.3, -0.25) is 9.59 Å². The van der Waals surface area contributed by atoms with Crippen molar-refractivity contribution in [3.8, 4) is 11.5 Å². The van der Waals surface area contributed by atoms with E-state index in [1.165, 1.54) is 0 Å². The Morgan fingerprint density at radius 3 is 2.86 bits per heavy atom. The number of benzene rings is 2. The van der Waals surface area contributed by atoms with Crippen molar-refractivity contribution < 1.29 is 19.1 Å². The first kappa shape index (κ1) is 17.3. The Labute approximate surface area is 164 Å². The summed E-state index contributed by atoms with van der Waals surface area (Å²) in [6.45, 7) is 0.439. The summed E-state index contributed by atoms with van der Waals surface area (Å²) in [5, 5.41) is 3.06. The third-order valence-corrected chi connectivity index (χ3v) is 6.59. The molecule has 1 amide bonds. The van der Waals surface area contributed by atoms with E-state index < -0.39 is 5.60 Å². The van der Waals surface area contributed by atoms with E-state index in [0.29, 0.717) is 30.2 Å². The van der Waals surface area contributed by atoms with Crippen molar-refractivity contribution in [1.29, 1.82) is 0 Å². The van der Waals surface area contributed by atoms with Gasteiger partial charge in [-0.2, -0.15) is 0 Å². The Morgan fingerprint density at radius 1 is 1.21 bits per heavy atom. The molecule has 28 heavy (non-hydrogen) atoms. The van der Waals surface area contributed by atoms with Gasteiger partial charge < -0.3 is 14.8 Å². The van der Waals surface area contributed by atoms with E-state index in [1.807, 2.05) is 48.5 Å². The van der Waals surface area contributed by atoms with E-state index in [0.717, 1.165) is 24.2 Å². The number of hydrogen-bond donors (Lipinski definition) is 1. The van der Waals surface area contributed by atoms with Crippen LogP contribution in [0, 0.1) is 17.8 Å². The molecule has 3 aliphatic rings. The minimum absolute atomic E-state index is 0.0508. The first-order valence-electron chi connectivity index (χ1n) is 9.84. The highest BCUT2D eigenvalue weighted by atomic mass is 16.5. The molecule has 0 radical (unpaired) electrons. The lowest BCUT2D eigenvalue weighted by Crippen LogP contribution is -2.44. The minimum atomic E-state index is -0.511. The number of ketones is 1. The summed E-state index contributed by atoms with van der Waals surface area (Å²) in [6.07, 6.45) is 2.16. The van der Waals surface area contributed by atoms with Gasteiger partial charge in [0.1, 0.15) is 17.1 Å². The molecule has 0 bridgehead atoms. The molecule has 5 rings (SSSR count). The van der Waals surface area contributed by atoms with Crippen molar-refractivity contribution in [3.05, 3.63) is 59.7 Å². The van der Waals surface area contributed by atoms with E-state index in [2.05, 4.69) is 5.32 Å². The summed E-state index contributed by atoms with van der Waals surface area (Å²) in [5.41, 5.74) is 1.11. The van der Waals surface area contributed by atoms with Crippen LogP contribution in [0.1, 0.15) is 35.2 Å². The number of carbonyl (C=O) groups is 2. The molecule has 144 valence electrons. The molecule has 1 N–H and O–H groups in total. The molecule has 1 aliphatic heterocycles. The van der Waals surface area contributed by atoms with E-state index in [9.17, 15) is 9.59 Å². The van der Waals surface area contributed by atoms with Crippen LogP contribution in [0.4, 0.5) is 0 Å². The van der Waals surface area contributed by atoms with Gasteiger partial charge in [0.2, 0.25) is 5.91 Å². The zero-order valence-corrected chi connectivity index (χ0v) is 15.8. The van der Waals surface area contributed by atoms with Gasteiger partial charge in [-0.15, -0.1) is 0 Å². The zero-order chi connectivity index (χ0) is 19.3. The molecule has 1 spiro atoms. The van der Waals surface area contributed by atoms with Crippen molar-refractivity contribution in [2.75, 3.05) is 7.11 Å². The minimum Gasteiger partial charge on any atom is -0.496 e. The van der Waals surface area contributed by atoms with Gasteiger partial charge in [-0.05, 0) is 37.0 Å². The molecule has 2 aromatic rings. The first-order valence-corrected chi connectivity index (χ1v) is 9.84. The molecule has 0 saturated heterocycles. The molecular weight excluding hydrogens is 354 g/mol. The monoisotopic (exact) mass is 377 g/mol. The molecule has 0 unspecified atom stereocenters. The van der Waals surface area contributed by atoms with Crippen LogP contribution in [0.15, 0.2) is 48.5 Å². The molecule has 1 heterocycles. The normalized spacial score (nSPS) is 29.6. The Kier molecular flexibility index (Phi) is 3.93. The quantitative estimate of drug-likeness (QED) is 0.887. The van der Waals surface area contributed by atoms with Crippen LogP contribution in [0.5, 0.6) is 11.5 Å². The number of fused-ring (bicyclic) bond motifs is 3. The predicted molar refractivity (Wildman–Crippen MR) is 103 cm³/mol.